The molecule has 0 bridgehead atoms. The molecule has 3 rings (SSSR count). The van der Waals surface area contributed by atoms with Crippen molar-refractivity contribution in [2.24, 2.45) is 11.8 Å². The lowest BCUT2D eigenvalue weighted by Crippen LogP contribution is -2.32. The topological polar surface area (TPSA) is 37.4 Å². The molecule has 0 radical (unpaired) electrons. The fraction of sp³-hybridized carbons (Fsp3) is 0.529. The molecule has 0 N–H and O–H groups in total. The summed E-state index contributed by atoms with van der Waals surface area (Å²) in [5, 5.41) is 0. The zero-order valence-electron chi connectivity index (χ0n) is 12.3. The first-order valence-electron chi connectivity index (χ1n) is 7.62. The van der Waals surface area contributed by atoms with E-state index >= 15 is 0 Å². The molecular weight excluding hydrogens is 269 g/mol. The van der Waals surface area contributed by atoms with Gasteiger partial charge in [-0.2, -0.15) is 0 Å². The number of halogens is 1. The first-order chi connectivity index (χ1) is 10.1. The highest BCUT2D eigenvalue weighted by Crippen LogP contribution is 2.31. The molecule has 1 heterocycles. The van der Waals surface area contributed by atoms with E-state index in [9.17, 15) is 14.0 Å². The number of carbonyl (C=O) groups excluding carboxylic acids is 2. The van der Waals surface area contributed by atoms with Crippen molar-refractivity contribution in [3.63, 3.8) is 0 Å². The first-order valence-corrected chi connectivity index (χ1v) is 7.62. The normalized spacial score (nSPS) is 25.0. The van der Waals surface area contributed by atoms with Crippen LogP contribution in [0.3, 0.4) is 0 Å². The van der Waals surface area contributed by atoms with Gasteiger partial charge in [0.15, 0.2) is 0 Å². The number of amides is 1. The molecule has 1 aliphatic carbocycles. The molecule has 1 amide bonds. The molecule has 1 aliphatic heterocycles. The van der Waals surface area contributed by atoms with Crippen molar-refractivity contribution >= 4 is 12.2 Å². The van der Waals surface area contributed by atoms with Crippen molar-refractivity contribution in [3.05, 3.63) is 34.6 Å². The standard InChI is InChI=1S/C17H20FNO2/c1-11-6-15-14(7-16(11)18)9-19(17(15)21)8-12-2-4-13(10-20)5-3-12/h6-7,10,12-13H,2-5,8-9H2,1H3. The number of hydrogen-bond donors (Lipinski definition) is 0. The van der Waals surface area contributed by atoms with Crippen LogP contribution in [-0.4, -0.2) is 23.6 Å². The predicted molar refractivity (Wildman–Crippen MR) is 77.4 cm³/mol. The van der Waals surface area contributed by atoms with E-state index in [-0.39, 0.29) is 17.6 Å². The van der Waals surface area contributed by atoms with Crippen molar-refractivity contribution in [1.29, 1.82) is 0 Å². The minimum atomic E-state index is -0.241. The average molecular weight is 289 g/mol. The molecule has 0 spiro atoms. The maximum absolute atomic E-state index is 13.6. The number of aldehydes is 1. The summed E-state index contributed by atoms with van der Waals surface area (Å²) in [4.78, 5) is 25.0. The van der Waals surface area contributed by atoms with E-state index in [0.717, 1.165) is 44.1 Å². The third-order valence-corrected chi connectivity index (χ3v) is 4.83. The fourth-order valence-corrected chi connectivity index (χ4v) is 3.47. The van der Waals surface area contributed by atoms with E-state index < -0.39 is 0 Å². The summed E-state index contributed by atoms with van der Waals surface area (Å²) >= 11 is 0. The van der Waals surface area contributed by atoms with Crippen LogP contribution in [0.15, 0.2) is 12.1 Å². The maximum atomic E-state index is 13.6. The molecule has 2 aliphatic rings. The van der Waals surface area contributed by atoms with Gasteiger partial charge < -0.3 is 9.69 Å². The van der Waals surface area contributed by atoms with Gasteiger partial charge in [0.1, 0.15) is 12.1 Å². The van der Waals surface area contributed by atoms with Gasteiger partial charge in [-0.25, -0.2) is 4.39 Å². The molecule has 21 heavy (non-hydrogen) atoms. The Hall–Kier alpha value is -1.71. The van der Waals surface area contributed by atoms with Crippen molar-refractivity contribution in [1.82, 2.24) is 4.90 Å². The molecule has 0 aromatic heterocycles. The Balaban J connectivity index is 1.67. The Morgan fingerprint density at radius 2 is 2.00 bits per heavy atom. The second kappa shape index (κ2) is 5.58. The SMILES string of the molecule is Cc1cc2c(cc1F)CN(CC1CCC(C=O)CC1)C2=O. The Kier molecular flexibility index (Phi) is 3.79. The lowest BCUT2D eigenvalue weighted by Gasteiger charge is -2.29. The monoisotopic (exact) mass is 289 g/mol. The Labute approximate surface area is 124 Å². The summed E-state index contributed by atoms with van der Waals surface area (Å²) in [7, 11) is 0. The van der Waals surface area contributed by atoms with Gasteiger partial charge in [0, 0.05) is 24.6 Å². The Bertz CT molecular complexity index is 576. The summed E-state index contributed by atoms with van der Waals surface area (Å²) in [6.07, 6.45) is 4.90. The van der Waals surface area contributed by atoms with E-state index in [1.54, 1.807) is 13.0 Å². The smallest absolute Gasteiger partial charge is 0.254 e. The molecule has 0 saturated heterocycles. The van der Waals surface area contributed by atoms with Gasteiger partial charge in [-0.3, -0.25) is 4.79 Å². The van der Waals surface area contributed by atoms with Crippen LogP contribution in [-0.2, 0) is 11.3 Å². The molecule has 1 fully saturated rings. The van der Waals surface area contributed by atoms with Crippen molar-refractivity contribution in [2.45, 2.75) is 39.2 Å². The third-order valence-electron chi connectivity index (χ3n) is 4.83. The van der Waals surface area contributed by atoms with Crippen LogP contribution in [0.25, 0.3) is 0 Å². The van der Waals surface area contributed by atoms with Crippen molar-refractivity contribution < 1.29 is 14.0 Å². The minimum absolute atomic E-state index is 0.0191. The lowest BCUT2D eigenvalue weighted by molar-refractivity contribution is -0.112. The van der Waals surface area contributed by atoms with Gasteiger partial charge in [0.25, 0.3) is 5.91 Å². The van der Waals surface area contributed by atoms with E-state index in [0.29, 0.717) is 23.6 Å². The van der Waals surface area contributed by atoms with Gasteiger partial charge in [-0.1, -0.05) is 0 Å². The van der Waals surface area contributed by atoms with Gasteiger partial charge in [-0.15, -0.1) is 0 Å². The zero-order valence-corrected chi connectivity index (χ0v) is 12.3. The highest BCUT2D eigenvalue weighted by Gasteiger charge is 2.31. The third kappa shape index (κ3) is 2.71. The number of hydrogen-bond acceptors (Lipinski definition) is 2. The Morgan fingerprint density at radius 3 is 2.67 bits per heavy atom. The number of nitrogens with zero attached hydrogens (tertiary/aromatic N) is 1. The first kappa shape index (κ1) is 14.2. The van der Waals surface area contributed by atoms with Crippen LogP contribution in [0.5, 0.6) is 0 Å². The molecule has 1 saturated carbocycles. The minimum Gasteiger partial charge on any atom is -0.334 e. The molecule has 0 atom stereocenters. The summed E-state index contributed by atoms with van der Waals surface area (Å²) in [5.41, 5.74) is 1.97. The van der Waals surface area contributed by atoms with E-state index in [1.807, 2.05) is 4.90 Å². The van der Waals surface area contributed by atoms with Gasteiger partial charge in [0.05, 0.1) is 0 Å². The largest absolute Gasteiger partial charge is 0.334 e. The second-order valence-corrected chi connectivity index (χ2v) is 6.36. The maximum Gasteiger partial charge on any atom is 0.254 e. The molecule has 4 heteroatoms. The van der Waals surface area contributed by atoms with Crippen LogP contribution in [0, 0.1) is 24.6 Å². The van der Waals surface area contributed by atoms with Crippen molar-refractivity contribution in [2.75, 3.05) is 6.54 Å². The molecule has 1 aromatic carbocycles. The highest BCUT2D eigenvalue weighted by atomic mass is 19.1. The zero-order chi connectivity index (χ0) is 15.0. The number of aryl methyl sites for hydroxylation is 1. The van der Waals surface area contributed by atoms with Gasteiger partial charge in [-0.05, 0) is 61.8 Å². The summed E-state index contributed by atoms with van der Waals surface area (Å²) in [6.45, 7) is 2.92. The van der Waals surface area contributed by atoms with E-state index in [4.69, 9.17) is 0 Å². The quantitative estimate of drug-likeness (QED) is 0.802. The summed E-state index contributed by atoms with van der Waals surface area (Å²) in [5.74, 6) is 0.440. The van der Waals surface area contributed by atoms with E-state index in [1.165, 1.54) is 6.07 Å². The van der Waals surface area contributed by atoms with Crippen LogP contribution in [0.1, 0.15) is 47.2 Å². The number of benzene rings is 1. The number of rotatable bonds is 3. The Morgan fingerprint density at radius 1 is 1.29 bits per heavy atom. The molecule has 3 nitrogen and oxygen atoms in total. The molecule has 112 valence electrons. The van der Waals surface area contributed by atoms with Gasteiger partial charge >= 0.3 is 0 Å². The molecule has 1 aromatic rings. The molecule has 0 unspecified atom stereocenters. The van der Waals surface area contributed by atoms with Crippen molar-refractivity contribution in [3.8, 4) is 0 Å². The van der Waals surface area contributed by atoms with Crippen LogP contribution < -0.4 is 0 Å². The fourth-order valence-electron chi connectivity index (χ4n) is 3.47. The van der Waals surface area contributed by atoms with Crippen LogP contribution in [0.2, 0.25) is 0 Å². The average Bonchev–Trinajstić information content (AvgIpc) is 2.77. The number of fused-ring (bicyclic) bond motifs is 1. The molecular formula is C17H20FNO2. The van der Waals surface area contributed by atoms with E-state index in [2.05, 4.69) is 0 Å². The summed E-state index contributed by atoms with van der Waals surface area (Å²) < 4.78 is 13.6. The highest BCUT2D eigenvalue weighted by molar-refractivity contribution is 5.98. The summed E-state index contributed by atoms with van der Waals surface area (Å²) in [6, 6.07) is 3.15. The van der Waals surface area contributed by atoms with Crippen LogP contribution in [0.4, 0.5) is 4.39 Å². The predicted octanol–water partition coefficient (Wildman–Crippen LogP) is 3.10. The van der Waals surface area contributed by atoms with Crippen LogP contribution >= 0.6 is 0 Å². The second-order valence-electron chi connectivity index (χ2n) is 6.36. The number of carbonyl (C=O) groups is 2. The van der Waals surface area contributed by atoms with Gasteiger partial charge in [0.2, 0.25) is 0 Å². The lowest BCUT2D eigenvalue weighted by atomic mass is 9.82.